The van der Waals surface area contributed by atoms with Crippen LogP contribution in [-0.2, 0) is 19.6 Å². The van der Waals surface area contributed by atoms with Crippen LogP contribution in [-0.4, -0.2) is 61.2 Å². The second kappa shape index (κ2) is 6.90. The highest BCUT2D eigenvalue weighted by Crippen LogP contribution is 2.48. The molecule has 1 amide bonds. The smallest absolute Gasteiger partial charge is 0.226 e. The van der Waals surface area contributed by atoms with Gasteiger partial charge in [-0.3, -0.25) is 9.78 Å². The summed E-state index contributed by atoms with van der Waals surface area (Å²) in [5.41, 5.74) is 1.11. The number of piperidine rings is 1. The zero-order valence-corrected chi connectivity index (χ0v) is 15.7. The average Bonchev–Trinajstić information content (AvgIpc) is 3.23. The molecule has 3 aliphatic heterocycles. The average molecular weight is 379 g/mol. The maximum Gasteiger partial charge on any atom is 0.226 e. The third-order valence-electron chi connectivity index (χ3n) is 5.94. The molecule has 2 bridgehead atoms. The van der Waals surface area contributed by atoms with Crippen molar-refractivity contribution >= 4 is 15.9 Å². The standard InChI is InChI=1S/C18H25N3O4S/c1-26(23,24)21-10-6-13(7-11-21)20-18(22)17-15-3-2-14(25-15)16(17)12-4-8-19-9-5-12/h4-5,8-9,13-17H,2-3,6-7,10-11H2,1H3,(H,20,22). The van der Waals surface area contributed by atoms with Gasteiger partial charge in [0.25, 0.3) is 0 Å². The summed E-state index contributed by atoms with van der Waals surface area (Å²) in [5.74, 6) is -0.0613. The van der Waals surface area contributed by atoms with Crippen molar-refractivity contribution in [1.29, 1.82) is 0 Å². The first-order chi connectivity index (χ1) is 12.4. The van der Waals surface area contributed by atoms with E-state index in [1.54, 1.807) is 12.4 Å². The molecule has 3 saturated heterocycles. The molecule has 8 heteroatoms. The molecule has 4 rings (SSSR count). The van der Waals surface area contributed by atoms with Gasteiger partial charge >= 0.3 is 0 Å². The fourth-order valence-corrected chi connectivity index (χ4v) is 5.52. The van der Waals surface area contributed by atoms with Gasteiger partial charge in [-0.15, -0.1) is 0 Å². The highest BCUT2D eigenvalue weighted by atomic mass is 32.2. The third kappa shape index (κ3) is 3.37. The van der Waals surface area contributed by atoms with Crippen LogP contribution in [0.3, 0.4) is 0 Å². The molecule has 3 fully saturated rings. The number of amides is 1. The van der Waals surface area contributed by atoms with E-state index < -0.39 is 10.0 Å². The zero-order valence-electron chi connectivity index (χ0n) is 14.9. The van der Waals surface area contributed by atoms with Gasteiger partial charge < -0.3 is 10.1 Å². The minimum absolute atomic E-state index is 0.0192. The molecule has 0 radical (unpaired) electrons. The summed E-state index contributed by atoms with van der Waals surface area (Å²) in [6.07, 6.45) is 8.07. The monoisotopic (exact) mass is 379 g/mol. The third-order valence-corrected chi connectivity index (χ3v) is 7.24. The molecule has 4 atom stereocenters. The number of carbonyl (C=O) groups excluding carboxylic acids is 1. The van der Waals surface area contributed by atoms with Gasteiger partial charge in [-0.1, -0.05) is 0 Å². The summed E-state index contributed by atoms with van der Waals surface area (Å²) < 4.78 is 30.8. The summed E-state index contributed by atoms with van der Waals surface area (Å²) in [6.45, 7) is 0.926. The molecule has 0 aromatic carbocycles. The van der Waals surface area contributed by atoms with Gasteiger partial charge in [0.1, 0.15) is 0 Å². The molecule has 4 heterocycles. The van der Waals surface area contributed by atoms with E-state index in [4.69, 9.17) is 4.74 Å². The highest BCUT2D eigenvalue weighted by molar-refractivity contribution is 7.88. The quantitative estimate of drug-likeness (QED) is 0.839. The van der Waals surface area contributed by atoms with Gasteiger partial charge in [0.15, 0.2) is 0 Å². The van der Waals surface area contributed by atoms with E-state index in [1.165, 1.54) is 10.6 Å². The molecule has 142 valence electrons. The Morgan fingerprint density at radius 2 is 1.81 bits per heavy atom. The van der Waals surface area contributed by atoms with Gasteiger partial charge in [0.05, 0.1) is 24.4 Å². The molecule has 1 aromatic heterocycles. The summed E-state index contributed by atoms with van der Waals surface area (Å²) in [6, 6.07) is 3.97. The minimum Gasteiger partial charge on any atom is -0.373 e. The summed E-state index contributed by atoms with van der Waals surface area (Å²) >= 11 is 0. The largest absolute Gasteiger partial charge is 0.373 e. The van der Waals surface area contributed by atoms with Crippen molar-refractivity contribution in [2.75, 3.05) is 19.3 Å². The molecule has 1 aromatic rings. The van der Waals surface area contributed by atoms with Crippen LogP contribution < -0.4 is 5.32 Å². The van der Waals surface area contributed by atoms with E-state index in [2.05, 4.69) is 10.3 Å². The van der Waals surface area contributed by atoms with Crippen molar-refractivity contribution in [1.82, 2.24) is 14.6 Å². The summed E-state index contributed by atoms with van der Waals surface area (Å²) in [7, 11) is -3.15. The first kappa shape index (κ1) is 17.9. The van der Waals surface area contributed by atoms with Gasteiger partial charge in [-0.05, 0) is 43.4 Å². The van der Waals surface area contributed by atoms with Crippen molar-refractivity contribution < 1.29 is 17.9 Å². The number of fused-ring (bicyclic) bond motifs is 2. The number of aromatic nitrogens is 1. The van der Waals surface area contributed by atoms with Crippen molar-refractivity contribution in [2.24, 2.45) is 5.92 Å². The molecular weight excluding hydrogens is 354 g/mol. The molecule has 0 spiro atoms. The van der Waals surface area contributed by atoms with Crippen LogP contribution in [0.2, 0.25) is 0 Å². The Bertz CT molecular complexity index is 762. The Morgan fingerprint density at radius 1 is 1.15 bits per heavy atom. The fraction of sp³-hybridized carbons (Fsp3) is 0.667. The lowest BCUT2D eigenvalue weighted by Crippen LogP contribution is -2.49. The van der Waals surface area contributed by atoms with Gasteiger partial charge in [0.2, 0.25) is 15.9 Å². The second-order valence-electron chi connectivity index (χ2n) is 7.57. The van der Waals surface area contributed by atoms with E-state index in [9.17, 15) is 13.2 Å². The van der Waals surface area contributed by atoms with Crippen molar-refractivity contribution in [3.63, 3.8) is 0 Å². The van der Waals surface area contributed by atoms with Crippen molar-refractivity contribution in [3.05, 3.63) is 30.1 Å². The number of rotatable bonds is 4. The molecule has 26 heavy (non-hydrogen) atoms. The van der Waals surface area contributed by atoms with Gasteiger partial charge in [-0.25, -0.2) is 12.7 Å². The normalized spacial score (nSPS) is 32.7. The molecule has 1 N–H and O–H groups in total. The number of nitrogens with zero attached hydrogens (tertiary/aromatic N) is 2. The number of hydrogen-bond acceptors (Lipinski definition) is 5. The molecule has 0 saturated carbocycles. The van der Waals surface area contributed by atoms with E-state index in [0.29, 0.717) is 25.9 Å². The lowest BCUT2D eigenvalue weighted by Gasteiger charge is -2.33. The van der Waals surface area contributed by atoms with Crippen LogP contribution >= 0.6 is 0 Å². The zero-order chi connectivity index (χ0) is 18.3. The Kier molecular flexibility index (Phi) is 4.75. The first-order valence-corrected chi connectivity index (χ1v) is 11.1. The van der Waals surface area contributed by atoms with E-state index in [-0.39, 0.29) is 36.0 Å². The summed E-state index contributed by atoms with van der Waals surface area (Å²) in [4.78, 5) is 17.1. The van der Waals surface area contributed by atoms with Crippen LogP contribution in [0.4, 0.5) is 0 Å². The maximum atomic E-state index is 13.0. The van der Waals surface area contributed by atoms with E-state index >= 15 is 0 Å². The van der Waals surface area contributed by atoms with Crippen LogP contribution in [0.15, 0.2) is 24.5 Å². The Hall–Kier alpha value is -1.51. The van der Waals surface area contributed by atoms with Crippen molar-refractivity contribution in [3.8, 4) is 0 Å². The maximum absolute atomic E-state index is 13.0. The minimum atomic E-state index is -3.15. The number of pyridine rings is 1. The van der Waals surface area contributed by atoms with Crippen LogP contribution in [0.1, 0.15) is 37.2 Å². The molecule has 3 aliphatic rings. The fourth-order valence-electron chi connectivity index (χ4n) is 4.65. The van der Waals surface area contributed by atoms with Crippen LogP contribution in [0, 0.1) is 5.92 Å². The van der Waals surface area contributed by atoms with Gasteiger partial charge in [-0.2, -0.15) is 0 Å². The number of carbonyl (C=O) groups is 1. The Morgan fingerprint density at radius 3 is 2.46 bits per heavy atom. The van der Waals surface area contributed by atoms with E-state index in [0.717, 1.165) is 18.4 Å². The Labute approximate surface area is 154 Å². The Balaban J connectivity index is 1.43. The van der Waals surface area contributed by atoms with Crippen LogP contribution in [0.25, 0.3) is 0 Å². The first-order valence-electron chi connectivity index (χ1n) is 9.24. The number of ether oxygens (including phenoxy) is 1. The second-order valence-corrected chi connectivity index (χ2v) is 9.55. The molecular formula is C18H25N3O4S. The van der Waals surface area contributed by atoms with E-state index in [1.807, 2.05) is 12.1 Å². The number of hydrogen-bond donors (Lipinski definition) is 1. The molecule has 4 unspecified atom stereocenters. The predicted molar refractivity (Wildman–Crippen MR) is 95.9 cm³/mol. The van der Waals surface area contributed by atoms with Crippen molar-refractivity contribution in [2.45, 2.75) is 49.9 Å². The summed E-state index contributed by atoms with van der Waals surface area (Å²) in [5, 5.41) is 3.16. The van der Waals surface area contributed by atoms with Gasteiger partial charge in [0, 0.05) is 37.4 Å². The lowest BCUT2D eigenvalue weighted by molar-refractivity contribution is -0.127. The highest BCUT2D eigenvalue weighted by Gasteiger charge is 2.52. The number of sulfonamides is 1. The topological polar surface area (TPSA) is 88.6 Å². The molecule has 7 nitrogen and oxygen atoms in total. The lowest BCUT2D eigenvalue weighted by atomic mass is 9.75. The van der Waals surface area contributed by atoms with Crippen LogP contribution in [0.5, 0.6) is 0 Å². The predicted octanol–water partition coefficient (Wildman–Crippen LogP) is 0.883. The SMILES string of the molecule is CS(=O)(=O)N1CCC(NC(=O)C2C3CCC(O3)C2c2ccncc2)CC1. The number of nitrogens with one attached hydrogen (secondary N) is 1. The molecule has 0 aliphatic carbocycles.